The van der Waals surface area contributed by atoms with Crippen LogP contribution in [0.4, 0.5) is 0 Å². The van der Waals surface area contributed by atoms with Gasteiger partial charge in [-0.2, -0.15) is 9.97 Å². The summed E-state index contributed by atoms with van der Waals surface area (Å²) in [7, 11) is 0. The molecule has 2 atom stereocenters. The van der Waals surface area contributed by atoms with Gasteiger partial charge in [-0.3, -0.25) is 4.79 Å². The molecule has 2 fully saturated rings. The van der Waals surface area contributed by atoms with Crippen LogP contribution in [0.3, 0.4) is 0 Å². The quantitative estimate of drug-likeness (QED) is 0.0580. The fourth-order valence-electron chi connectivity index (χ4n) is 6.54. The minimum atomic E-state index is -0.808. The minimum Gasteiger partial charge on any atom is -0.481 e. The van der Waals surface area contributed by atoms with Crippen molar-refractivity contribution in [2.24, 2.45) is 0 Å². The van der Waals surface area contributed by atoms with E-state index < -0.39 is 5.97 Å². The molecular formula is C44H54Br2N4O8. The first-order valence-corrected chi connectivity index (χ1v) is 21.7. The Kier molecular flexibility index (Phi) is 16.6. The summed E-state index contributed by atoms with van der Waals surface area (Å²) in [6, 6.07) is 16.5. The zero-order valence-corrected chi connectivity index (χ0v) is 36.7. The van der Waals surface area contributed by atoms with Crippen molar-refractivity contribution in [2.75, 3.05) is 39.5 Å². The lowest BCUT2D eigenvalue weighted by atomic mass is 9.92. The van der Waals surface area contributed by atoms with Gasteiger partial charge >= 0.3 is 5.97 Å². The largest absolute Gasteiger partial charge is 0.481 e. The predicted molar refractivity (Wildman–Crippen MR) is 229 cm³/mol. The van der Waals surface area contributed by atoms with Gasteiger partial charge in [0.1, 0.15) is 26.4 Å². The SMILES string of the molecule is CCCCNCc1cc(Br)c(OCc2cccc(-c3cccc(COc4nc(OCC5CCO5)c(CNCCCC(=O)O)cc4Br)c3C)c2C)nc1OCC1CCO1. The van der Waals surface area contributed by atoms with Crippen molar-refractivity contribution in [2.45, 2.75) is 97.8 Å². The maximum Gasteiger partial charge on any atom is 0.303 e. The van der Waals surface area contributed by atoms with Crippen molar-refractivity contribution in [1.82, 2.24) is 20.6 Å². The second-order valence-electron chi connectivity index (χ2n) is 14.6. The molecule has 14 heteroatoms. The van der Waals surface area contributed by atoms with E-state index >= 15 is 0 Å². The Morgan fingerprint density at radius 1 is 0.724 bits per heavy atom. The predicted octanol–water partition coefficient (Wildman–Crippen LogP) is 8.62. The van der Waals surface area contributed by atoms with Gasteiger partial charge in [0.05, 0.1) is 21.2 Å². The number of carboxylic acid groups (broad SMARTS) is 1. The summed E-state index contributed by atoms with van der Waals surface area (Å²) in [6.45, 7) is 12.0. The summed E-state index contributed by atoms with van der Waals surface area (Å²) >= 11 is 7.36. The van der Waals surface area contributed by atoms with E-state index in [1.54, 1.807) is 0 Å². The number of benzene rings is 2. The van der Waals surface area contributed by atoms with Crippen molar-refractivity contribution in [3.63, 3.8) is 0 Å². The molecule has 58 heavy (non-hydrogen) atoms. The number of ether oxygens (including phenoxy) is 6. The monoisotopic (exact) mass is 924 g/mol. The number of aliphatic carboxylic acids is 1. The lowest BCUT2D eigenvalue weighted by molar-refractivity contribution is -0.137. The summed E-state index contributed by atoms with van der Waals surface area (Å²) < 4.78 is 37.6. The summed E-state index contributed by atoms with van der Waals surface area (Å²) in [6.07, 6.45) is 4.96. The van der Waals surface area contributed by atoms with Crippen LogP contribution in [0.2, 0.25) is 0 Å². The van der Waals surface area contributed by atoms with Gasteiger partial charge in [0.2, 0.25) is 23.5 Å². The van der Waals surface area contributed by atoms with Gasteiger partial charge < -0.3 is 44.2 Å². The number of unbranched alkanes of at least 4 members (excludes halogenated alkanes) is 1. The van der Waals surface area contributed by atoms with Gasteiger partial charge in [-0.05, 0) is 117 Å². The van der Waals surface area contributed by atoms with Gasteiger partial charge in [-0.1, -0.05) is 49.7 Å². The van der Waals surface area contributed by atoms with Crippen molar-refractivity contribution < 1.29 is 38.3 Å². The number of rotatable bonds is 24. The van der Waals surface area contributed by atoms with Crippen LogP contribution in [0.5, 0.6) is 23.5 Å². The molecule has 312 valence electrons. The Balaban J connectivity index is 1.14. The molecule has 0 saturated carbocycles. The van der Waals surface area contributed by atoms with E-state index in [2.05, 4.69) is 93.6 Å². The topological polar surface area (TPSA) is 143 Å². The van der Waals surface area contributed by atoms with Crippen LogP contribution in [0, 0.1) is 13.8 Å². The van der Waals surface area contributed by atoms with E-state index in [0.29, 0.717) is 80.5 Å². The molecule has 4 aromatic rings. The number of hydrogen-bond acceptors (Lipinski definition) is 11. The fraction of sp³-hybridized carbons (Fsp3) is 0.477. The first-order valence-electron chi connectivity index (χ1n) is 20.1. The van der Waals surface area contributed by atoms with Crippen molar-refractivity contribution in [3.8, 4) is 34.6 Å². The number of nitrogens with zero attached hydrogens (tertiary/aromatic N) is 2. The van der Waals surface area contributed by atoms with Crippen LogP contribution in [0.25, 0.3) is 11.1 Å². The molecule has 2 aromatic heterocycles. The van der Waals surface area contributed by atoms with E-state index in [1.807, 2.05) is 18.2 Å². The molecule has 0 spiro atoms. The number of hydrogen-bond donors (Lipinski definition) is 3. The number of carboxylic acids is 1. The molecule has 0 amide bonds. The highest BCUT2D eigenvalue weighted by Gasteiger charge is 2.23. The minimum absolute atomic E-state index is 0.0440. The Hall–Kier alpha value is -3.79. The molecule has 0 bridgehead atoms. The molecule has 2 aliphatic heterocycles. The van der Waals surface area contributed by atoms with Gasteiger partial charge in [0.15, 0.2) is 0 Å². The molecule has 2 unspecified atom stereocenters. The van der Waals surface area contributed by atoms with Crippen LogP contribution < -0.4 is 29.6 Å². The summed E-state index contributed by atoms with van der Waals surface area (Å²) in [5.41, 5.74) is 8.32. The average molecular weight is 927 g/mol. The smallest absolute Gasteiger partial charge is 0.303 e. The summed E-state index contributed by atoms with van der Waals surface area (Å²) in [4.78, 5) is 20.5. The molecule has 2 saturated heterocycles. The van der Waals surface area contributed by atoms with Crippen molar-refractivity contribution in [3.05, 3.63) is 90.9 Å². The Morgan fingerprint density at radius 3 is 1.60 bits per heavy atom. The van der Waals surface area contributed by atoms with Crippen molar-refractivity contribution in [1.29, 1.82) is 0 Å². The highest BCUT2D eigenvalue weighted by Crippen LogP contribution is 2.35. The second-order valence-corrected chi connectivity index (χ2v) is 16.3. The highest BCUT2D eigenvalue weighted by atomic mass is 79.9. The summed E-state index contributed by atoms with van der Waals surface area (Å²) in [5, 5.41) is 15.8. The first-order chi connectivity index (χ1) is 28.2. The third-order valence-corrected chi connectivity index (χ3v) is 11.5. The van der Waals surface area contributed by atoms with Crippen molar-refractivity contribution >= 4 is 37.8 Å². The number of carbonyl (C=O) groups is 1. The zero-order valence-electron chi connectivity index (χ0n) is 33.5. The molecule has 3 N–H and O–H groups in total. The third kappa shape index (κ3) is 12.1. The number of aromatic nitrogens is 2. The zero-order chi connectivity index (χ0) is 40.9. The number of nitrogens with one attached hydrogen (secondary N) is 2. The molecular weight excluding hydrogens is 872 g/mol. The molecule has 12 nitrogen and oxygen atoms in total. The lowest BCUT2D eigenvalue weighted by Crippen LogP contribution is -2.33. The van der Waals surface area contributed by atoms with Gasteiger partial charge in [0, 0.05) is 56.7 Å². The van der Waals surface area contributed by atoms with Gasteiger partial charge in [-0.25, -0.2) is 0 Å². The van der Waals surface area contributed by atoms with E-state index in [9.17, 15) is 4.79 Å². The summed E-state index contributed by atoms with van der Waals surface area (Å²) in [5.74, 6) is 1.11. The molecule has 4 heterocycles. The van der Waals surface area contributed by atoms with E-state index in [-0.39, 0.29) is 18.6 Å². The molecule has 2 aliphatic rings. The molecule has 6 rings (SSSR count). The van der Waals surface area contributed by atoms with E-state index in [4.69, 9.17) is 43.5 Å². The van der Waals surface area contributed by atoms with E-state index in [1.165, 1.54) is 0 Å². The standard InChI is InChI=1S/C44H54Br2N4O8/c1-4-5-16-47-22-32-20-38(45)43(49-41(32)57-26-34-14-18-53-34)55-24-30-9-6-11-36(28(30)2)37-12-7-10-31(29(37)3)25-56-44-39(46)21-33(23-48-17-8-13-40(51)52)42(50-44)58-27-35-15-19-54-35/h6-7,9-12,20-21,34-35,47-48H,4-5,8,13-19,22-27H2,1-3H3,(H,51,52). The average Bonchev–Trinajstić information content (AvgIpc) is 3.16. The van der Waals surface area contributed by atoms with Crippen LogP contribution in [0.1, 0.15) is 78.8 Å². The third-order valence-electron chi connectivity index (χ3n) is 10.4. The van der Waals surface area contributed by atoms with Gasteiger partial charge in [0.25, 0.3) is 0 Å². The van der Waals surface area contributed by atoms with Crippen LogP contribution in [-0.2, 0) is 40.6 Å². The van der Waals surface area contributed by atoms with E-state index in [0.717, 1.165) is 94.4 Å². The highest BCUT2D eigenvalue weighted by molar-refractivity contribution is 9.10. The molecule has 0 radical (unpaired) electrons. The van der Waals surface area contributed by atoms with Gasteiger partial charge in [-0.15, -0.1) is 0 Å². The van der Waals surface area contributed by atoms with Crippen LogP contribution in [0.15, 0.2) is 57.5 Å². The molecule has 2 aromatic carbocycles. The molecule has 0 aliphatic carbocycles. The fourth-order valence-corrected chi connectivity index (χ4v) is 7.50. The Morgan fingerprint density at radius 2 is 1.19 bits per heavy atom. The maximum atomic E-state index is 10.9. The Labute approximate surface area is 358 Å². The first kappa shape index (κ1) is 43.8. The number of halogens is 2. The Bertz CT molecular complexity index is 1990. The normalized spacial score (nSPS) is 16.0. The number of pyridine rings is 2. The van der Waals surface area contributed by atoms with Crippen LogP contribution in [-0.4, -0.2) is 72.8 Å². The van der Waals surface area contributed by atoms with Crippen LogP contribution >= 0.6 is 31.9 Å². The lowest BCUT2D eigenvalue weighted by Gasteiger charge is -2.26. The second kappa shape index (κ2) is 22.0. The maximum absolute atomic E-state index is 10.9.